The summed E-state index contributed by atoms with van der Waals surface area (Å²) in [5.74, 6) is 0.618. The Bertz CT molecular complexity index is 407. The van der Waals surface area contributed by atoms with Crippen LogP contribution in [-0.4, -0.2) is 31.5 Å². The summed E-state index contributed by atoms with van der Waals surface area (Å²) in [6, 6.07) is 5.46. The van der Waals surface area contributed by atoms with Gasteiger partial charge in [0, 0.05) is 18.1 Å². The fraction of sp³-hybridized carbons (Fsp3) is 0.500. The predicted octanol–water partition coefficient (Wildman–Crippen LogP) is 3.72. The summed E-state index contributed by atoms with van der Waals surface area (Å²) in [7, 11) is 3.41. The first-order valence-electron chi connectivity index (χ1n) is 6.19. The molecule has 0 heterocycles. The van der Waals surface area contributed by atoms with Gasteiger partial charge in [0.2, 0.25) is 0 Å². The number of carbonyl (C=O) groups is 1. The molecule has 0 aliphatic rings. The van der Waals surface area contributed by atoms with Crippen LogP contribution in [0.25, 0.3) is 0 Å². The van der Waals surface area contributed by atoms with E-state index in [1.54, 1.807) is 18.1 Å². The van der Waals surface area contributed by atoms with Gasteiger partial charge in [0.1, 0.15) is 5.75 Å². The molecule has 1 aromatic carbocycles. The molecule has 0 aromatic heterocycles. The van der Waals surface area contributed by atoms with Crippen molar-refractivity contribution in [1.82, 2.24) is 4.90 Å². The smallest absolute Gasteiger partial charge is 0.257 e. The molecule has 0 N–H and O–H groups in total. The van der Waals surface area contributed by atoms with E-state index in [0.717, 1.165) is 30.3 Å². The summed E-state index contributed by atoms with van der Waals surface area (Å²) in [5.41, 5.74) is 0.611. The number of hydrogen-bond acceptors (Lipinski definition) is 2. The number of benzene rings is 1. The number of carbonyl (C=O) groups excluding carboxylic acids is 1. The third-order valence-electron chi connectivity index (χ3n) is 2.84. The highest BCUT2D eigenvalue weighted by molar-refractivity contribution is 9.10. The minimum absolute atomic E-state index is 0.00968. The lowest BCUT2D eigenvalue weighted by Gasteiger charge is -2.18. The van der Waals surface area contributed by atoms with Gasteiger partial charge in [-0.15, -0.1) is 0 Å². The van der Waals surface area contributed by atoms with Crippen LogP contribution in [0.15, 0.2) is 22.7 Å². The summed E-state index contributed by atoms with van der Waals surface area (Å²) >= 11 is 3.37. The van der Waals surface area contributed by atoms with Gasteiger partial charge in [-0.2, -0.15) is 0 Å². The van der Waals surface area contributed by atoms with E-state index in [4.69, 9.17) is 4.74 Å². The second kappa shape index (κ2) is 7.41. The zero-order valence-electron chi connectivity index (χ0n) is 11.2. The third kappa shape index (κ3) is 4.02. The first-order chi connectivity index (χ1) is 8.60. The highest BCUT2D eigenvalue weighted by Crippen LogP contribution is 2.24. The first kappa shape index (κ1) is 15.0. The summed E-state index contributed by atoms with van der Waals surface area (Å²) in [5, 5.41) is 0. The molecule has 0 unspecified atom stereocenters. The largest absolute Gasteiger partial charge is 0.496 e. The second-order valence-electron chi connectivity index (χ2n) is 4.28. The zero-order valence-corrected chi connectivity index (χ0v) is 12.8. The minimum Gasteiger partial charge on any atom is -0.496 e. The number of methoxy groups -OCH3 is 1. The number of ether oxygens (including phenoxy) is 1. The van der Waals surface area contributed by atoms with E-state index in [-0.39, 0.29) is 5.91 Å². The van der Waals surface area contributed by atoms with Crippen LogP contribution in [0.5, 0.6) is 5.75 Å². The lowest BCUT2D eigenvalue weighted by molar-refractivity contribution is 0.0789. The number of unbranched alkanes of at least 4 members (excludes halogenated alkanes) is 2. The second-order valence-corrected chi connectivity index (χ2v) is 5.19. The molecule has 0 radical (unpaired) electrons. The Kier molecular flexibility index (Phi) is 6.19. The summed E-state index contributed by atoms with van der Waals surface area (Å²) in [6.07, 6.45) is 3.34. The summed E-state index contributed by atoms with van der Waals surface area (Å²) < 4.78 is 6.15. The van der Waals surface area contributed by atoms with E-state index < -0.39 is 0 Å². The normalized spacial score (nSPS) is 10.2. The Morgan fingerprint density at radius 1 is 1.39 bits per heavy atom. The molecule has 1 aromatic rings. The third-order valence-corrected chi connectivity index (χ3v) is 3.33. The molecule has 18 heavy (non-hydrogen) atoms. The van der Waals surface area contributed by atoms with Crippen molar-refractivity contribution in [2.75, 3.05) is 20.7 Å². The Morgan fingerprint density at radius 2 is 2.11 bits per heavy atom. The molecule has 0 spiro atoms. The van der Waals surface area contributed by atoms with Crippen LogP contribution in [0.2, 0.25) is 0 Å². The van der Waals surface area contributed by atoms with E-state index in [9.17, 15) is 4.79 Å². The fourth-order valence-corrected chi connectivity index (χ4v) is 2.09. The van der Waals surface area contributed by atoms with E-state index in [2.05, 4.69) is 22.9 Å². The maximum absolute atomic E-state index is 12.3. The van der Waals surface area contributed by atoms with Crippen molar-refractivity contribution < 1.29 is 9.53 Å². The van der Waals surface area contributed by atoms with Gasteiger partial charge < -0.3 is 9.64 Å². The van der Waals surface area contributed by atoms with Crippen LogP contribution < -0.4 is 4.74 Å². The molecule has 1 rings (SSSR count). The number of rotatable bonds is 6. The Morgan fingerprint density at radius 3 is 2.72 bits per heavy atom. The molecule has 3 nitrogen and oxygen atoms in total. The molecule has 1 amide bonds. The molecule has 0 atom stereocenters. The highest BCUT2D eigenvalue weighted by atomic mass is 79.9. The molecule has 0 bridgehead atoms. The molecular formula is C14H20BrNO2. The van der Waals surface area contributed by atoms with E-state index in [1.807, 2.05) is 19.2 Å². The van der Waals surface area contributed by atoms with Gasteiger partial charge in [-0.1, -0.05) is 35.7 Å². The van der Waals surface area contributed by atoms with E-state index in [1.165, 1.54) is 0 Å². The number of nitrogens with zero attached hydrogens (tertiary/aromatic N) is 1. The Labute approximate surface area is 117 Å². The van der Waals surface area contributed by atoms with Gasteiger partial charge in [0.15, 0.2) is 0 Å². The average Bonchev–Trinajstić information content (AvgIpc) is 2.37. The van der Waals surface area contributed by atoms with Crippen LogP contribution in [0.1, 0.15) is 36.5 Å². The molecule has 0 saturated heterocycles. The van der Waals surface area contributed by atoms with Crippen LogP contribution in [-0.2, 0) is 0 Å². The van der Waals surface area contributed by atoms with Crippen LogP contribution in [0.4, 0.5) is 0 Å². The number of amides is 1. The van der Waals surface area contributed by atoms with Crippen molar-refractivity contribution >= 4 is 21.8 Å². The number of hydrogen-bond donors (Lipinski definition) is 0. The Hall–Kier alpha value is -1.03. The first-order valence-corrected chi connectivity index (χ1v) is 6.98. The van der Waals surface area contributed by atoms with Crippen molar-refractivity contribution in [3.05, 3.63) is 28.2 Å². The molecule has 4 heteroatoms. The van der Waals surface area contributed by atoms with Gasteiger partial charge in [0.25, 0.3) is 5.91 Å². The average molecular weight is 314 g/mol. The molecule has 0 aliphatic carbocycles. The van der Waals surface area contributed by atoms with Gasteiger partial charge >= 0.3 is 0 Å². The number of halogens is 1. The van der Waals surface area contributed by atoms with E-state index >= 15 is 0 Å². The quantitative estimate of drug-likeness (QED) is 0.749. The van der Waals surface area contributed by atoms with Crippen LogP contribution in [0.3, 0.4) is 0 Å². The van der Waals surface area contributed by atoms with Gasteiger partial charge in [-0.25, -0.2) is 0 Å². The molecule has 0 aliphatic heterocycles. The van der Waals surface area contributed by atoms with Gasteiger partial charge in [-0.05, 0) is 24.6 Å². The van der Waals surface area contributed by atoms with Crippen molar-refractivity contribution in [2.45, 2.75) is 26.2 Å². The lowest BCUT2D eigenvalue weighted by Crippen LogP contribution is -2.28. The lowest BCUT2D eigenvalue weighted by atomic mass is 10.1. The van der Waals surface area contributed by atoms with E-state index in [0.29, 0.717) is 11.3 Å². The highest BCUT2D eigenvalue weighted by Gasteiger charge is 2.16. The topological polar surface area (TPSA) is 29.5 Å². The van der Waals surface area contributed by atoms with Crippen molar-refractivity contribution in [1.29, 1.82) is 0 Å². The van der Waals surface area contributed by atoms with Crippen molar-refractivity contribution in [2.24, 2.45) is 0 Å². The van der Waals surface area contributed by atoms with Crippen molar-refractivity contribution in [3.8, 4) is 5.75 Å². The summed E-state index contributed by atoms with van der Waals surface area (Å²) in [6.45, 7) is 2.94. The fourth-order valence-electron chi connectivity index (χ4n) is 1.75. The Balaban J connectivity index is 2.76. The van der Waals surface area contributed by atoms with Crippen LogP contribution in [0, 0.1) is 0 Å². The monoisotopic (exact) mass is 313 g/mol. The van der Waals surface area contributed by atoms with Crippen LogP contribution >= 0.6 is 15.9 Å². The van der Waals surface area contributed by atoms with Gasteiger partial charge in [0.05, 0.1) is 12.7 Å². The molecule has 100 valence electrons. The van der Waals surface area contributed by atoms with Gasteiger partial charge in [-0.3, -0.25) is 4.79 Å². The standard InChI is InChI=1S/C14H20BrNO2/c1-4-5-6-9-16(2)14(17)12-8-7-11(15)10-13(12)18-3/h7-8,10H,4-6,9H2,1-3H3. The molecular weight excluding hydrogens is 294 g/mol. The molecule has 0 saturated carbocycles. The zero-order chi connectivity index (χ0) is 13.5. The summed E-state index contributed by atoms with van der Waals surface area (Å²) in [4.78, 5) is 14.0. The SMILES string of the molecule is CCCCCN(C)C(=O)c1ccc(Br)cc1OC. The maximum atomic E-state index is 12.3. The van der Waals surface area contributed by atoms with Crippen molar-refractivity contribution in [3.63, 3.8) is 0 Å². The molecule has 0 fully saturated rings. The maximum Gasteiger partial charge on any atom is 0.257 e. The predicted molar refractivity (Wildman–Crippen MR) is 77.2 cm³/mol. The minimum atomic E-state index is 0.00968.